The van der Waals surface area contributed by atoms with Crippen molar-refractivity contribution >= 4 is 44.2 Å². The maximum Gasteiger partial charge on any atom is 0.258 e. The summed E-state index contributed by atoms with van der Waals surface area (Å²) in [6.45, 7) is 1.63. The van der Waals surface area contributed by atoms with Crippen LogP contribution in [0.15, 0.2) is 65.1 Å². The van der Waals surface area contributed by atoms with E-state index in [0.717, 1.165) is 20.8 Å². The maximum atomic E-state index is 12.0. The van der Waals surface area contributed by atoms with Crippen molar-refractivity contribution in [2.75, 3.05) is 18.5 Å². The first-order valence-electron chi connectivity index (χ1n) is 8.45. The molecular formula is C21H19BrN2O3. The first-order chi connectivity index (χ1) is 13.0. The van der Waals surface area contributed by atoms with E-state index in [-0.39, 0.29) is 25.0 Å². The molecule has 0 heterocycles. The van der Waals surface area contributed by atoms with E-state index in [4.69, 9.17) is 4.74 Å². The van der Waals surface area contributed by atoms with Crippen LogP contribution in [0.25, 0.3) is 10.8 Å². The van der Waals surface area contributed by atoms with E-state index in [2.05, 4.69) is 26.6 Å². The van der Waals surface area contributed by atoms with Gasteiger partial charge in [0.05, 0.1) is 6.54 Å². The highest BCUT2D eigenvalue weighted by molar-refractivity contribution is 9.10. The molecule has 2 N–H and O–H groups in total. The molecule has 0 radical (unpaired) electrons. The standard InChI is InChI=1S/C21H19BrN2O3/c1-14-10-17(22)7-9-19(14)24-20(25)12-23-21(26)13-27-18-8-6-15-4-2-3-5-16(15)11-18/h2-11H,12-13H2,1H3,(H,23,26)(H,24,25). The number of hydrogen-bond donors (Lipinski definition) is 2. The number of anilines is 1. The minimum atomic E-state index is -0.356. The van der Waals surface area contributed by atoms with E-state index in [0.29, 0.717) is 11.4 Å². The zero-order chi connectivity index (χ0) is 19.2. The van der Waals surface area contributed by atoms with Gasteiger partial charge in [0, 0.05) is 10.2 Å². The van der Waals surface area contributed by atoms with Crippen LogP contribution in [0.1, 0.15) is 5.56 Å². The van der Waals surface area contributed by atoms with E-state index < -0.39 is 0 Å². The Balaban J connectivity index is 1.46. The number of amides is 2. The van der Waals surface area contributed by atoms with Crippen LogP contribution in [0.5, 0.6) is 5.75 Å². The van der Waals surface area contributed by atoms with E-state index in [1.165, 1.54) is 0 Å². The van der Waals surface area contributed by atoms with Crippen molar-refractivity contribution in [3.8, 4) is 5.75 Å². The highest BCUT2D eigenvalue weighted by Gasteiger charge is 2.08. The van der Waals surface area contributed by atoms with Crippen LogP contribution in [0, 0.1) is 6.92 Å². The topological polar surface area (TPSA) is 67.4 Å². The Labute approximate surface area is 165 Å². The van der Waals surface area contributed by atoms with Gasteiger partial charge in [-0.3, -0.25) is 9.59 Å². The molecule has 138 valence electrons. The number of benzene rings is 3. The predicted molar refractivity (Wildman–Crippen MR) is 110 cm³/mol. The molecule has 0 aliphatic rings. The lowest BCUT2D eigenvalue weighted by atomic mass is 10.1. The molecule has 6 heteroatoms. The van der Waals surface area contributed by atoms with Gasteiger partial charge in [0.15, 0.2) is 6.61 Å². The number of rotatable bonds is 6. The summed E-state index contributed by atoms with van der Waals surface area (Å²) in [6.07, 6.45) is 0. The molecule has 5 nitrogen and oxygen atoms in total. The maximum absolute atomic E-state index is 12.0. The first kappa shape index (κ1) is 18.9. The number of nitrogens with one attached hydrogen (secondary N) is 2. The van der Waals surface area contributed by atoms with Crippen molar-refractivity contribution in [1.29, 1.82) is 0 Å². The van der Waals surface area contributed by atoms with Crippen molar-refractivity contribution in [1.82, 2.24) is 5.32 Å². The lowest BCUT2D eigenvalue weighted by Crippen LogP contribution is -2.35. The van der Waals surface area contributed by atoms with Crippen molar-refractivity contribution in [2.45, 2.75) is 6.92 Å². The van der Waals surface area contributed by atoms with Gasteiger partial charge in [-0.15, -0.1) is 0 Å². The molecule has 0 atom stereocenters. The van der Waals surface area contributed by atoms with Crippen LogP contribution in [-0.2, 0) is 9.59 Å². The van der Waals surface area contributed by atoms with Crippen LogP contribution < -0.4 is 15.4 Å². The number of halogens is 1. The molecule has 0 aliphatic heterocycles. The molecule has 0 saturated carbocycles. The van der Waals surface area contributed by atoms with Gasteiger partial charge in [-0.1, -0.05) is 46.3 Å². The van der Waals surface area contributed by atoms with Gasteiger partial charge >= 0.3 is 0 Å². The summed E-state index contributed by atoms with van der Waals surface area (Å²) in [5, 5.41) is 7.47. The van der Waals surface area contributed by atoms with Crippen LogP contribution in [-0.4, -0.2) is 25.0 Å². The fraction of sp³-hybridized carbons (Fsp3) is 0.143. The van der Waals surface area contributed by atoms with Crippen LogP contribution >= 0.6 is 15.9 Å². The molecule has 0 saturated heterocycles. The smallest absolute Gasteiger partial charge is 0.258 e. The zero-order valence-electron chi connectivity index (χ0n) is 14.8. The second-order valence-corrected chi connectivity index (χ2v) is 7.00. The van der Waals surface area contributed by atoms with E-state index in [1.54, 1.807) is 0 Å². The number of hydrogen-bond acceptors (Lipinski definition) is 3. The summed E-state index contributed by atoms with van der Waals surface area (Å²) in [6, 6.07) is 19.1. The monoisotopic (exact) mass is 426 g/mol. The Bertz CT molecular complexity index is 988. The first-order valence-corrected chi connectivity index (χ1v) is 9.25. The quantitative estimate of drug-likeness (QED) is 0.624. The molecule has 2 amide bonds. The Morgan fingerprint density at radius 3 is 2.52 bits per heavy atom. The van der Waals surface area contributed by atoms with Gasteiger partial charge in [-0.05, 0) is 53.6 Å². The van der Waals surface area contributed by atoms with Gasteiger partial charge in [0.25, 0.3) is 5.91 Å². The Morgan fingerprint density at radius 2 is 1.74 bits per heavy atom. The van der Waals surface area contributed by atoms with Gasteiger partial charge in [0.1, 0.15) is 5.75 Å². The third-order valence-corrected chi connectivity index (χ3v) is 4.49. The minimum Gasteiger partial charge on any atom is -0.484 e. The average molecular weight is 427 g/mol. The third kappa shape index (κ3) is 5.31. The average Bonchev–Trinajstić information content (AvgIpc) is 2.67. The summed E-state index contributed by atoms with van der Waals surface area (Å²) in [5.41, 5.74) is 1.65. The lowest BCUT2D eigenvalue weighted by molar-refractivity contribution is -0.125. The van der Waals surface area contributed by atoms with E-state index >= 15 is 0 Å². The summed E-state index contributed by atoms with van der Waals surface area (Å²) in [4.78, 5) is 23.9. The molecule has 3 rings (SSSR count). The molecule has 0 spiro atoms. The molecule has 27 heavy (non-hydrogen) atoms. The number of carbonyl (C=O) groups excluding carboxylic acids is 2. The van der Waals surface area contributed by atoms with Crippen molar-refractivity contribution in [3.05, 3.63) is 70.7 Å². The van der Waals surface area contributed by atoms with Gasteiger partial charge in [0.2, 0.25) is 5.91 Å². The highest BCUT2D eigenvalue weighted by Crippen LogP contribution is 2.21. The number of aryl methyl sites for hydroxylation is 1. The van der Waals surface area contributed by atoms with Gasteiger partial charge in [-0.25, -0.2) is 0 Å². The normalized spacial score (nSPS) is 10.4. The Kier molecular flexibility index (Phi) is 6.08. The Hall–Kier alpha value is -2.86. The molecule has 0 bridgehead atoms. The zero-order valence-corrected chi connectivity index (χ0v) is 16.4. The van der Waals surface area contributed by atoms with Gasteiger partial charge in [-0.2, -0.15) is 0 Å². The van der Waals surface area contributed by atoms with E-state index in [1.807, 2.05) is 67.6 Å². The van der Waals surface area contributed by atoms with Crippen molar-refractivity contribution < 1.29 is 14.3 Å². The summed E-state index contributed by atoms with van der Waals surface area (Å²) < 4.78 is 6.45. The van der Waals surface area contributed by atoms with Crippen molar-refractivity contribution in [2.24, 2.45) is 0 Å². The largest absolute Gasteiger partial charge is 0.484 e. The fourth-order valence-corrected chi connectivity index (χ4v) is 3.07. The third-order valence-electron chi connectivity index (χ3n) is 4.00. The highest BCUT2D eigenvalue weighted by atomic mass is 79.9. The molecule has 3 aromatic rings. The van der Waals surface area contributed by atoms with Crippen molar-refractivity contribution in [3.63, 3.8) is 0 Å². The van der Waals surface area contributed by atoms with Gasteiger partial charge < -0.3 is 15.4 Å². The van der Waals surface area contributed by atoms with Crippen LogP contribution in [0.4, 0.5) is 5.69 Å². The SMILES string of the molecule is Cc1cc(Br)ccc1NC(=O)CNC(=O)COc1ccc2ccccc2c1. The second kappa shape index (κ2) is 8.68. The summed E-state index contributed by atoms with van der Waals surface area (Å²) in [7, 11) is 0. The summed E-state index contributed by atoms with van der Waals surface area (Å²) in [5.74, 6) is -0.0379. The number of ether oxygens (including phenoxy) is 1. The minimum absolute atomic E-state index is 0.116. The molecule has 3 aromatic carbocycles. The predicted octanol–water partition coefficient (Wildman–Crippen LogP) is 4.04. The molecule has 0 fully saturated rings. The van der Waals surface area contributed by atoms with Crippen LogP contribution in [0.3, 0.4) is 0 Å². The fourth-order valence-electron chi connectivity index (χ4n) is 2.60. The number of carbonyl (C=O) groups is 2. The second-order valence-electron chi connectivity index (χ2n) is 6.08. The Morgan fingerprint density at radius 1 is 0.963 bits per heavy atom. The molecular weight excluding hydrogens is 408 g/mol. The molecule has 0 unspecified atom stereocenters. The van der Waals surface area contributed by atoms with E-state index in [9.17, 15) is 9.59 Å². The van der Waals surface area contributed by atoms with Crippen LogP contribution in [0.2, 0.25) is 0 Å². The number of fused-ring (bicyclic) bond motifs is 1. The molecule has 0 aliphatic carbocycles. The lowest BCUT2D eigenvalue weighted by Gasteiger charge is -2.10. The summed E-state index contributed by atoms with van der Waals surface area (Å²) >= 11 is 3.38. The molecule has 0 aromatic heterocycles.